The Hall–Kier alpha value is -2.85. The quantitative estimate of drug-likeness (QED) is 0.674. The van der Waals surface area contributed by atoms with E-state index in [-0.39, 0.29) is 5.91 Å². The number of nitrogens with one attached hydrogen (secondary N) is 1. The van der Waals surface area contributed by atoms with Gasteiger partial charge in [0.15, 0.2) is 5.75 Å². The molecule has 24 heavy (non-hydrogen) atoms. The van der Waals surface area contributed by atoms with Crippen molar-refractivity contribution in [2.45, 2.75) is 6.92 Å². The number of amides is 1. The van der Waals surface area contributed by atoms with E-state index < -0.39 is 0 Å². The fourth-order valence-electron chi connectivity index (χ4n) is 2.10. The number of carbonyl (C=O) groups excluding carboxylic acids is 1. The Morgan fingerprint density at radius 2 is 1.79 bits per heavy atom. The van der Waals surface area contributed by atoms with Gasteiger partial charge in [0.2, 0.25) is 0 Å². The lowest BCUT2D eigenvalue weighted by Gasteiger charge is -2.12. The van der Waals surface area contributed by atoms with Crippen LogP contribution >= 0.6 is 11.6 Å². The van der Waals surface area contributed by atoms with Crippen molar-refractivity contribution in [3.05, 3.63) is 83.1 Å². The van der Waals surface area contributed by atoms with Gasteiger partial charge >= 0.3 is 0 Å². The first-order valence-electron chi connectivity index (χ1n) is 7.38. The number of aryl methyl sites for hydroxylation is 1. The lowest BCUT2D eigenvalue weighted by Crippen LogP contribution is -2.12. The fraction of sp³-hybridized carbons (Fsp3) is 0.0526. The van der Waals surface area contributed by atoms with Crippen LogP contribution in [0.1, 0.15) is 15.9 Å². The van der Waals surface area contributed by atoms with Crippen LogP contribution in [0.25, 0.3) is 0 Å². The molecule has 0 spiro atoms. The second kappa shape index (κ2) is 7.15. The van der Waals surface area contributed by atoms with Crippen LogP contribution in [-0.2, 0) is 0 Å². The molecule has 1 aromatic heterocycles. The van der Waals surface area contributed by atoms with Crippen LogP contribution in [-0.4, -0.2) is 10.9 Å². The number of carbonyl (C=O) groups is 1. The van der Waals surface area contributed by atoms with Crippen LogP contribution in [0.3, 0.4) is 0 Å². The number of nitrogens with zero attached hydrogens (tertiary/aromatic N) is 1. The third kappa shape index (κ3) is 3.91. The topological polar surface area (TPSA) is 51.2 Å². The predicted octanol–water partition coefficient (Wildman–Crippen LogP) is 5.09. The van der Waals surface area contributed by atoms with Gasteiger partial charge in [0, 0.05) is 6.20 Å². The zero-order chi connectivity index (χ0) is 16.9. The molecule has 1 N–H and O–H groups in total. The first-order chi connectivity index (χ1) is 11.6. The van der Waals surface area contributed by atoms with Gasteiger partial charge < -0.3 is 10.1 Å². The molecule has 0 atom stereocenters. The molecule has 0 bridgehead atoms. The van der Waals surface area contributed by atoms with Crippen molar-refractivity contribution in [1.29, 1.82) is 0 Å². The minimum atomic E-state index is -0.279. The van der Waals surface area contributed by atoms with E-state index in [9.17, 15) is 4.79 Å². The number of aromatic nitrogens is 1. The number of ether oxygens (including phenoxy) is 1. The van der Waals surface area contributed by atoms with E-state index in [1.165, 1.54) is 6.20 Å². The van der Waals surface area contributed by atoms with Crippen molar-refractivity contribution in [3.63, 3.8) is 0 Å². The number of rotatable bonds is 4. The third-order valence-electron chi connectivity index (χ3n) is 3.37. The Labute approximate surface area is 145 Å². The van der Waals surface area contributed by atoms with E-state index in [0.29, 0.717) is 27.9 Å². The summed E-state index contributed by atoms with van der Waals surface area (Å²) in [4.78, 5) is 16.2. The van der Waals surface area contributed by atoms with Gasteiger partial charge in [-0.3, -0.25) is 4.79 Å². The molecule has 3 rings (SSSR count). The number of anilines is 1. The first kappa shape index (κ1) is 16.0. The highest BCUT2D eigenvalue weighted by molar-refractivity contribution is 6.29. The van der Waals surface area contributed by atoms with E-state index in [1.807, 2.05) is 43.3 Å². The summed E-state index contributed by atoms with van der Waals surface area (Å²) in [5.74, 6) is 0.992. The van der Waals surface area contributed by atoms with Crippen LogP contribution in [0.2, 0.25) is 5.15 Å². The standard InChI is InChI=1S/C19H15ClN2O2/c1-13-6-9-15(10-7-13)24-17-5-3-2-4-16(17)22-19(23)14-8-11-18(20)21-12-14/h2-12H,1H3,(H,22,23). The summed E-state index contributed by atoms with van der Waals surface area (Å²) in [6.45, 7) is 2.01. The van der Waals surface area contributed by atoms with Gasteiger partial charge in [-0.15, -0.1) is 0 Å². The third-order valence-corrected chi connectivity index (χ3v) is 3.60. The van der Waals surface area contributed by atoms with Gasteiger partial charge in [0.25, 0.3) is 5.91 Å². The monoisotopic (exact) mass is 338 g/mol. The number of hydrogen-bond donors (Lipinski definition) is 1. The molecule has 0 aliphatic rings. The molecule has 0 fully saturated rings. The van der Waals surface area contributed by atoms with Crippen LogP contribution in [0.15, 0.2) is 66.9 Å². The normalized spacial score (nSPS) is 10.2. The summed E-state index contributed by atoms with van der Waals surface area (Å²) >= 11 is 5.74. The number of hydrogen-bond acceptors (Lipinski definition) is 3. The van der Waals surface area contributed by atoms with E-state index in [2.05, 4.69) is 10.3 Å². The summed E-state index contributed by atoms with van der Waals surface area (Å²) in [5.41, 5.74) is 2.15. The van der Waals surface area contributed by atoms with Crippen molar-refractivity contribution < 1.29 is 9.53 Å². The van der Waals surface area contributed by atoms with Crippen molar-refractivity contribution in [3.8, 4) is 11.5 Å². The highest BCUT2D eigenvalue weighted by Gasteiger charge is 2.10. The molecule has 4 nitrogen and oxygen atoms in total. The molecule has 0 aliphatic heterocycles. The van der Waals surface area contributed by atoms with Crippen LogP contribution < -0.4 is 10.1 Å². The molecule has 0 saturated heterocycles. The zero-order valence-electron chi connectivity index (χ0n) is 13.0. The van der Waals surface area contributed by atoms with Crippen LogP contribution in [0.4, 0.5) is 5.69 Å². The van der Waals surface area contributed by atoms with Crippen molar-refractivity contribution >= 4 is 23.2 Å². The molecule has 3 aromatic rings. The maximum Gasteiger partial charge on any atom is 0.257 e. The summed E-state index contributed by atoms with van der Waals surface area (Å²) in [6, 6.07) is 18.2. The van der Waals surface area contributed by atoms with E-state index in [0.717, 1.165) is 5.56 Å². The smallest absolute Gasteiger partial charge is 0.257 e. The molecule has 0 aliphatic carbocycles. The second-order valence-corrected chi connectivity index (χ2v) is 5.62. The van der Waals surface area contributed by atoms with Gasteiger partial charge in [-0.2, -0.15) is 0 Å². The van der Waals surface area contributed by atoms with Crippen molar-refractivity contribution in [2.75, 3.05) is 5.32 Å². The van der Waals surface area contributed by atoms with Gasteiger partial charge in [0.1, 0.15) is 10.9 Å². The average molecular weight is 339 g/mol. The minimum Gasteiger partial charge on any atom is -0.455 e. The van der Waals surface area contributed by atoms with Gasteiger partial charge in [0.05, 0.1) is 11.3 Å². The lowest BCUT2D eigenvalue weighted by atomic mass is 10.2. The predicted molar refractivity (Wildman–Crippen MR) is 94.9 cm³/mol. The fourth-order valence-corrected chi connectivity index (χ4v) is 2.21. The van der Waals surface area contributed by atoms with Gasteiger partial charge in [-0.1, -0.05) is 41.4 Å². The Morgan fingerprint density at radius 1 is 1.04 bits per heavy atom. The Balaban J connectivity index is 1.79. The van der Waals surface area contributed by atoms with E-state index in [1.54, 1.807) is 24.3 Å². The van der Waals surface area contributed by atoms with E-state index in [4.69, 9.17) is 16.3 Å². The van der Waals surface area contributed by atoms with Crippen molar-refractivity contribution in [2.24, 2.45) is 0 Å². The summed E-state index contributed by atoms with van der Waals surface area (Å²) < 4.78 is 5.87. The highest BCUT2D eigenvalue weighted by Crippen LogP contribution is 2.29. The molecular formula is C19H15ClN2O2. The molecule has 5 heteroatoms. The molecule has 1 heterocycles. The molecule has 0 radical (unpaired) electrons. The summed E-state index contributed by atoms with van der Waals surface area (Å²) in [7, 11) is 0. The Morgan fingerprint density at radius 3 is 2.50 bits per heavy atom. The Bertz CT molecular complexity index is 846. The van der Waals surface area contributed by atoms with Crippen LogP contribution in [0, 0.1) is 6.92 Å². The number of halogens is 1. The zero-order valence-corrected chi connectivity index (χ0v) is 13.7. The van der Waals surface area contributed by atoms with Crippen LogP contribution in [0.5, 0.6) is 11.5 Å². The molecule has 1 amide bonds. The van der Waals surface area contributed by atoms with Crippen molar-refractivity contribution in [1.82, 2.24) is 4.98 Å². The molecular weight excluding hydrogens is 324 g/mol. The largest absolute Gasteiger partial charge is 0.455 e. The van der Waals surface area contributed by atoms with Gasteiger partial charge in [-0.05, 0) is 43.3 Å². The highest BCUT2D eigenvalue weighted by atomic mass is 35.5. The number of para-hydroxylation sites is 2. The average Bonchev–Trinajstić information content (AvgIpc) is 2.59. The summed E-state index contributed by atoms with van der Waals surface area (Å²) in [6.07, 6.45) is 1.43. The number of benzene rings is 2. The first-order valence-corrected chi connectivity index (χ1v) is 7.76. The maximum absolute atomic E-state index is 12.3. The number of pyridine rings is 1. The molecule has 0 unspecified atom stereocenters. The SMILES string of the molecule is Cc1ccc(Oc2ccccc2NC(=O)c2ccc(Cl)nc2)cc1. The van der Waals surface area contributed by atoms with Gasteiger partial charge in [-0.25, -0.2) is 4.98 Å². The van der Waals surface area contributed by atoms with E-state index >= 15 is 0 Å². The molecule has 120 valence electrons. The minimum absolute atomic E-state index is 0.279. The second-order valence-electron chi connectivity index (χ2n) is 5.23. The molecule has 0 saturated carbocycles. The molecule has 2 aromatic carbocycles. The lowest BCUT2D eigenvalue weighted by molar-refractivity contribution is 0.102. The maximum atomic E-state index is 12.3. The summed E-state index contributed by atoms with van der Waals surface area (Å²) in [5, 5.41) is 3.17. The Kier molecular flexibility index (Phi) is 4.77.